The zero-order chi connectivity index (χ0) is 21.0. The molecule has 0 bridgehead atoms. The third-order valence-electron chi connectivity index (χ3n) is 4.80. The van der Waals surface area contributed by atoms with Crippen LogP contribution in [0.1, 0.15) is 41.8 Å². The molecule has 2 aromatic rings. The standard InChI is InChI=1S/C21H22FN3O4/c1-3-28-29-11-15-9-17(21(23)26)16-8-14(10-24-20(16)19(15)25-27)7-13-4-5-18(22)12(2)6-13/h4-5,8-10,12H,3,6-7,11H2,1-2H3,(H2,23,26)/t12-/m1/s1. The van der Waals surface area contributed by atoms with Gasteiger partial charge in [0.25, 0.3) is 0 Å². The highest BCUT2D eigenvalue weighted by atomic mass is 19.1. The number of carbonyl (C=O) groups excluding carboxylic acids is 1. The second kappa shape index (κ2) is 9.02. The number of allylic oxidation sites excluding steroid dienone is 4. The van der Waals surface area contributed by atoms with Gasteiger partial charge >= 0.3 is 0 Å². The van der Waals surface area contributed by atoms with Crippen LogP contribution < -0.4 is 5.73 Å². The normalized spacial score (nSPS) is 16.4. The van der Waals surface area contributed by atoms with Crippen molar-refractivity contribution < 1.29 is 19.0 Å². The number of aromatic nitrogens is 1. The molecule has 3 rings (SSSR count). The van der Waals surface area contributed by atoms with Crippen molar-refractivity contribution in [2.75, 3.05) is 6.61 Å². The Morgan fingerprint density at radius 2 is 2.14 bits per heavy atom. The van der Waals surface area contributed by atoms with Crippen LogP contribution in [0.5, 0.6) is 0 Å². The summed E-state index contributed by atoms with van der Waals surface area (Å²) in [5, 5.41) is 3.52. The number of amides is 1. The maximum Gasteiger partial charge on any atom is 0.249 e. The summed E-state index contributed by atoms with van der Waals surface area (Å²) in [7, 11) is 0. The van der Waals surface area contributed by atoms with Crippen LogP contribution in [0.15, 0.2) is 47.1 Å². The number of fused-ring (bicyclic) bond motifs is 1. The largest absolute Gasteiger partial charge is 0.366 e. The molecule has 1 aliphatic rings. The number of benzene rings is 1. The minimum atomic E-state index is -0.653. The summed E-state index contributed by atoms with van der Waals surface area (Å²) in [6, 6.07) is 3.25. The number of carbonyl (C=O) groups is 1. The number of nitroso groups, excluding NO2 is 1. The Morgan fingerprint density at radius 1 is 1.34 bits per heavy atom. The first-order valence-corrected chi connectivity index (χ1v) is 9.31. The number of hydrogen-bond donors (Lipinski definition) is 1. The molecule has 1 aliphatic carbocycles. The van der Waals surface area contributed by atoms with Crippen LogP contribution in [-0.2, 0) is 22.8 Å². The quantitative estimate of drug-likeness (QED) is 0.303. The van der Waals surface area contributed by atoms with Gasteiger partial charge in [-0.2, -0.15) is 0 Å². The number of primary amides is 1. The van der Waals surface area contributed by atoms with Gasteiger partial charge in [-0.1, -0.05) is 18.6 Å². The molecule has 152 valence electrons. The lowest BCUT2D eigenvalue weighted by Gasteiger charge is -2.17. The minimum Gasteiger partial charge on any atom is -0.366 e. The van der Waals surface area contributed by atoms with Crippen molar-refractivity contribution in [3.05, 3.63) is 63.5 Å². The van der Waals surface area contributed by atoms with Crippen molar-refractivity contribution in [1.29, 1.82) is 0 Å². The molecule has 0 aliphatic heterocycles. The van der Waals surface area contributed by atoms with Crippen molar-refractivity contribution in [3.8, 4) is 0 Å². The Bertz CT molecular complexity index is 1020. The molecule has 8 heteroatoms. The van der Waals surface area contributed by atoms with Crippen molar-refractivity contribution in [1.82, 2.24) is 4.98 Å². The van der Waals surface area contributed by atoms with Crippen molar-refractivity contribution >= 4 is 22.5 Å². The van der Waals surface area contributed by atoms with E-state index in [1.165, 1.54) is 12.1 Å². The van der Waals surface area contributed by atoms with E-state index in [1.54, 1.807) is 25.3 Å². The Morgan fingerprint density at radius 3 is 2.79 bits per heavy atom. The Balaban J connectivity index is 2.03. The van der Waals surface area contributed by atoms with E-state index in [-0.39, 0.29) is 35.1 Å². The molecule has 0 radical (unpaired) electrons. The van der Waals surface area contributed by atoms with E-state index >= 15 is 0 Å². The lowest BCUT2D eigenvalue weighted by molar-refractivity contribution is -0.300. The summed E-state index contributed by atoms with van der Waals surface area (Å²) < 4.78 is 13.6. The maximum atomic E-state index is 13.6. The van der Waals surface area contributed by atoms with Crippen LogP contribution in [0.4, 0.5) is 10.1 Å². The zero-order valence-corrected chi connectivity index (χ0v) is 16.3. The molecule has 7 nitrogen and oxygen atoms in total. The fourth-order valence-corrected chi connectivity index (χ4v) is 3.39. The van der Waals surface area contributed by atoms with Gasteiger partial charge in [-0.15, -0.1) is 4.91 Å². The van der Waals surface area contributed by atoms with Crippen LogP contribution in [0.3, 0.4) is 0 Å². The number of halogens is 1. The summed E-state index contributed by atoms with van der Waals surface area (Å²) in [6.07, 6.45) is 6.02. The zero-order valence-electron chi connectivity index (χ0n) is 16.3. The fourth-order valence-electron chi connectivity index (χ4n) is 3.39. The Kier molecular flexibility index (Phi) is 6.46. The fraction of sp³-hybridized carbons (Fsp3) is 0.333. The highest BCUT2D eigenvalue weighted by Gasteiger charge is 2.19. The maximum absolute atomic E-state index is 13.6. The average Bonchev–Trinajstić information content (AvgIpc) is 2.70. The molecule has 29 heavy (non-hydrogen) atoms. The summed E-state index contributed by atoms with van der Waals surface area (Å²) in [6.45, 7) is 3.84. The highest BCUT2D eigenvalue weighted by molar-refractivity contribution is 6.09. The summed E-state index contributed by atoms with van der Waals surface area (Å²) in [5.74, 6) is -0.951. The Labute approximate surface area is 167 Å². The van der Waals surface area contributed by atoms with Crippen molar-refractivity contribution in [2.45, 2.75) is 33.3 Å². The van der Waals surface area contributed by atoms with Gasteiger partial charge in [-0.05, 0) is 48.7 Å². The van der Waals surface area contributed by atoms with E-state index in [2.05, 4.69) is 10.2 Å². The van der Waals surface area contributed by atoms with Crippen LogP contribution in [0.2, 0.25) is 0 Å². The smallest absolute Gasteiger partial charge is 0.249 e. The highest BCUT2D eigenvalue weighted by Crippen LogP contribution is 2.34. The number of pyridine rings is 1. The number of nitrogens with zero attached hydrogens (tertiary/aromatic N) is 2. The third-order valence-corrected chi connectivity index (χ3v) is 4.80. The molecule has 2 N–H and O–H groups in total. The first-order chi connectivity index (χ1) is 13.9. The topological polar surface area (TPSA) is 104 Å². The van der Waals surface area contributed by atoms with E-state index < -0.39 is 5.91 Å². The van der Waals surface area contributed by atoms with E-state index in [4.69, 9.17) is 15.5 Å². The summed E-state index contributed by atoms with van der Waals surface area (Å²) >= 11 is 0. The molecule has 0 saturated carbocycles. The molecular weight excluding hydrogens is 377 g/mol. The minimum absolute atomic E-state index is 0.0722. The monoisotopic (exact) mass is 399 g/mol. The first kappa shape index (κ1) is 20.8. The molecule has 1 amide bonds. The molecular formula is C21H22FN3O4. The van der Waals surface area contributed by atoms with Gasteiger partial charge in [0, 0.05) is 28.6 Å². The molecule has 0 fully saturated rings. The van der Waals surface area contributed by atoms with E-state index in [0.717, 1.165) is 11.1 Å². The number of hydrogen-bond acceptors (Lipinski definition) is 6. The van der Waals surface area contributed by atoms with Crippen LogP contribution in [0, 0.1) is 10.8 Å². The molecule has 0 saturated heterocycles. The summed E-state index contributed by atoms with van der Waals surface area (Å²) in [5.41, 5.74) is 8.35. The lowest BCUT2D eigenvalue weighted by Crippen LogP contribution is -2.13. The second-order valence-corrected chi connectivity index (χ2v) is 6.95. The predicted octanol–water partition coefficient (Wildman–Crippen LogP) is 4.56. The van der Waals surface area contributed by atoms with E-state index in [9.17, 15) is 14.1 Å². The SMILES string of the molecule is CCOOCc1cc(C(N)=O)c2cc(CC3=CC=C(F)[C@H](C)C3)cnc2c1N=O. The van der Waals surface area contributed by atoms with Gasteiger partial charge in [0.1, 0.15) is 23.6 Å². The van der Waals surface area contributed by atoms with Gasteiger partial charge < -0.3 is 5.73 Å². The molecule has 1 aromatic carbocycles. The van der Waals surface area contributed by atoms with E-state index in [1.807, 2.05) is 6.92 Å². The van der Waals surface area contributed by atoms with Gasteiger partial charge in [0.15, 0.2) is 0 Å². The van der Waals surface area contributed by atoms with Gasteiger partial charge in [-0.25, -0.2) is 14.2 Å². The summed E-state index contributed by atoms with van der Waals surface area (Å²) in [4.78, 5) is 37.7. The van der Waals surface area contributed by atoms with Crippen LogP contribution in [-0.4, -0.2) is 17.5 Å². The third kappa shape index (κ3) is 4.55. The molecule has 1 atom stereocenters. The molecule has 0 unspecified atom stereocenters. The van der Waals surface area contributed by atoms with Crippen molar-refractivity contribution in [3.63, 3.8) is 0 Å². The average molecular weight is 399 g/mol. The number of nitrogens with two attached hydrogens (primary N) is 1. The Hall–Kier alpha value is -2.97. The predicted molar refractivity (Wildman–Crippen MR) is 107 cm³/mol. The molecule has 1 heterocycles. The van der Waals surface area contributed by atoms with Crippen LogP contribution in [0.25, 0.3) is 10.9 Å². The van der Waals surface area contributed by atoms with Gasteiger partial charge in [0.2, 0.25) is 5.91 Å². The first-order valence-electron chi connectivity index (χ1n) is 9.31. The van der Waals surface area contributed by atoms with Crippen LogP contribution >= 0.6 is 0 Å². The molecule has 1 aromatic heterocycles. The van der Waals surface area contributed by atoms with Gasteiger partial charge in [0.05, 0.1) is 6.61 Å². The number of rotatable bonds is 8. The molecule has 0 spiro atoms. The van der Waals surface area contributed by atoms with Gasteiger partial charge in [-0.3, -0.25) is 9.78 Å². The van der Waals surface area contributed by atoms with Crippen molar-refractivity contribution in [2.24, 2.45) is 16.8 Å². The lowest BCUT2D eigenvalue weighted by atomic mass is 9.90. The second-order valence-electron chi connectivity index (χ2n) is 6.95. The van der Waals surface area contributed by atoms with E-state index in [0.29, 0.717) is 30.4 Å².